The number of benzene rings is 2. The van der Waals surface area contributed by atoms with Gasteiger partial charge in [0.15, 0.2) is 5.82 Å². The van der Waals surface area contributed by atoms with E-state index in [4.69, 9.17) is 10.5 Å². The Hall–Kier alpha value is -2.47. The molecule has 0 atom stereocenters. The monoisotopic (exact) mass is 276 g/mol. The van der Waals surface area contributed by atoms with E-state index < -0.39 is 22.2 Å². The lowest BCUT2D eigenvalue weighted by atomic mass is 10.1. The fourth-order valence-corrected chi connectivity index (χ4v) is 1.82. The first-order valence-electron chi connectivity index (χ1n) is 5.93. The lowest BCUT2D eigenvalue weighted by Gasteiger charge is -2.11. The van der Waals surface area contributed by atoms with E-state index in [1.54, 1.807) is 18.2 Å². The number of nitrogens with zero attached hydrogens (tertiary/aromatic N) is 1. The maximum atomic E-state index is 13.8. The molecule has 0 aliphatic carbocycles. The number of halogens is 1. The zero-order valence-electron chi connectivity index (χ0n) is 10.8. The van der Waals surface area contributed by atoms with Crippen molar-refractivity contribution in [3.05, 3.63) is 63.5 Å². The zero-order chi connectivity index (χ0) is 14.7. The molecule has 2 aromatic carbocycles. The maximum absolute atomic E-state index is 13.8. The number of para-hydroxylation sites is 1. The van der Waals surface area contributed by atoms with E-state index >= 15 is 0 Å². The van der Waals surface area contributed by atoms with Crippen LogP contribution in [0.1, 0.15) is 11.1 Å². The SMILES string of the molecule is Cc1ccc(Oc2c(F)cccc2[N+](=O)[O-])c(CN)c1. The van der Waals surface area contributed by atoms with Crippen molar-refractivity contribution in [2.24, 2.45) is 5.73 Å². The number of rotatable bonds is 4. The molecule has 0 aliphatic rings. The van der Waals surface area contributed by atoms with E-state index in [0.717, 1.165) is 11.6 Å². The first-order chi connectivity index (χ1) is 9.52. The second kappa shape index (κ2) is 5.66. The van der Waals surface area contributed by atoms with E-state index in [1.807, 2.05) is 6.92 Å². The molecule has 2 rings (SSSR count). The van der Waals surface area contributed by atoms with Crippen LogP contribution in [-0.4, -0.2) is 4.92 Å². The number of nitro benzene ring substituents is 1. The Balaban J connectivity index is 2.47. The Labute approximate surface area is 114 Å². The Bertz CT molecular complexity index is 659. The van der Waals surface area contributed by atoms with Crippen molar-refractivity contribution in [1.29, 1.82) is 0 Å². The summed E-state index contributed by atoms with van der Waals surface area (Å²) in [6.07, 6.45) is 0. The van der Waals surface area contributed by atoms with E-state index in [2.05, 4.69) is 0 Å². The molecule has 2 aromatic rings. The molecule has 0 aliphatic heterocycles. The molecule has 0 heterocycles. The van der Waals surface area contributed by atoms with Crippen LogP contribution < -0.4 is 10.5 Å². The van der Waals surface area contributed by atoms with E-state index in [1.165, 1.54) is 12.1 Å². The number of aryl methyl sites for hydroxylation is 1. The van der Waals surface area contributed by atoms with Gasteiger partial charge in [-0.25, -0.2) is 4.39 Å². The third-order valence-corrected chi connectivity index (χ3v) is 2.79. The molecule has 0 fully saturated rings. The third-order valence-electron chi connectivity index (χ3n) is 2.79. The number of hydrogen-bond donors (Lipinski definition) is 1. The first kappa shape index (κ1) is 14.0. The summed E-state index contributed by atoms with van der Waals surface area (Å²) in [6, 6.07) is 8.74. The number of hydrogen-bond acceptors (Lipinski definition) is 4. The van der Waals surface area contributed by atoms with E-state index in [9.17, 15) is 14.5 Å². The fourth-order valence-electron chi connectivity index (χ4n) is 1.82. The minimum absolute atomic E-state index is 0.194. The Morgan fingerprint density at radius 3 is 2.75 bits per heavy atom. The molecule has 0 amide bonds. The average Bonchev–Trinajstić information content (AvgIpc) is 2.42. The van der Waals surface area contributed by atoms with Gasteiger partial charge in [0, 0.05) is 18.2 Å². The third kappa shape index (κ3) is 2.75. The minimum Gasteiger partial charge on any atom is -0.447 e. The predicted molar refractivity (Wildman–Crippen MR) is 72.2 cm³/mol. The predicted octanol–water partition coefficient (Wildman–Crippen LogP) is 3.29. The molecule has 5 nitrogen and oxygen atoms in total. The van der Waals surface area contributed by atoms with Crippen LogP contribution in [0, 0.1) is 22.9 Å². The molecule has 0 radical (unpaired) electrons. The van der Waals surface area contributed by atoms with Crippen LogP contribution >= 0.6 is 0 Å². The van der Waals surface area contributed by atoms with Crippen LogP contribution in [0.4, 0.5) is 10.1 Å². The maximum Gasteiger partial charge on any atom is 0.314 e. The zero-order valence-corrected chi connectivity index (χ0v) is 10.8. The second-order valence-corrected chi connectivity index (χ2v) is 4.26. The molecule has 2 N–H and O–H groups in total. The lowest BCUT2D eigenvalue weighted by Crippen LogP contribution is -2.02. The highest BCUT2D eigenvalue weighted by Crippen LogP contribution is 2.35. The van der Waals surface area contributed by atoms with Gasteiger partial charge in [-0.2, -0.15) is 0 Å². The van der Waals surface area contributed by atoms with Crippen LogP contribution in [0.2, 0.25) is 0 Å². The van der Waals surface area contributed by atoms with Crippen LogP contribution in [0.25, 0.3) is 0 Å². The highest BCUT2D eigenvalue weighted by Gasteiger charge is 2.21. The molecule has 20 heavy (non-hydrogen) atoms. The van der Waals surface area contributed by atoms with Crippen LogP contribution in [0.15, 0.2) is 36.4 Å². The summed E-state index contributed by atoms with van der Waals surface area (Å²) in [7, 11) is 0. The summed E-state index contributed by atoms with van der Waals surface area (Å²) in [6.45, 7) is 2.08. The summed E-state index contributed by atoms with van der Waals surface area (Å²) in [4.78, 5) is 10.2. The highest BCUT2D eigenvalue weighted by atomic mass is 19.1. The molecular formula is C14H13FN2O3. The quantitative estimate of drug-likeness (QED) is 0.686. The van der Waals surface area contributed by atoms with Gasteiger partial charge < -0.3 is 10.5 Å². The average molecular weight is 276 g/mol. The Kier molecular flexibility index (Phi) is 3.95. The topological polar surface area (TPSA) is 78.4 Å². The molecule has 0 saturated heterocycles. The van der Waals surface area contributed by atoms with Crippen LogP contribution in [0.5, 0.6) is 11.5 Å². The van der Waals surface area contributed by atoms with Gasteiger partial charge in [0.2, 0.25) is 5.75 Å². The van der Waals surface area contributed by atoms with Crippen molar-refractivity contribution in [3.8, 4) is 11.5 Å². The highest BCUT2D eigenvalue weighted by molar-refractivity contribution is 5.50. The van der Waals surface area contributed by atoms with Gasteiger partial charge in [0.25, 0.3) is 0 Å². The Morgan fingerprint density at radius 1 is 1.35 bits per heavy atom. The number of nitro groups is 1. The van der Waals surface area contributed by atoms with Crippen molar-refractivity contribution >= 4 is 5.69 Å². The molecule has 0 aromatic heterocycles. The fraction of sp³-hybridized carbons (Fsp3) is 0.143. The summed E-state index contributed by atoms with van der Waals surface area (Å²) in [5, 5.41) is 10.9. The minimum atomic E-state index is -0.789. The van der Waals surface area contributed by atoms with E-state index in [0.29, 0.717) is 11.3 Å². The second-order valence-electron chi connectivity index (χ2n) is 4.26. The smallest absolute Gasteiger partial charge is 0.314 e. The first-order valence-corrected chi connectivity index (χ1v) is 5.93. The van der Waals surface area contributed by atoms with Gasteiger partial charge in [-0.3, -0.25) is 10.1 Å². The van der Waals surface area contributed by atoms with E-state index in [-0.39, 0.29) is 6.54 Å². The number of nitrogens with two attached hydrogens (primary N) is 1. The van der Waals surface area contributed by atoms with Crippen molar-refractivity contribution in [1.82, 2.24) is 0 Å². The largest absolute Gasteiger partial charge is 0.447 e. The summed E-state index contributed by atoms with van der Waals surface area (Å²) >= 11 is 0. The van der Waals surface area contributed by atoms with Crippen molar-refractivity contribution in [3.63, 3.8) is 0 Å². The molecule has 0 spiro atoms. The molecular weight excluding hydrogens is 263 g/mol. The molecule has 6 heteroatoms. The van der Waals surface area contributed by atoms with Gasteiger partial charge in [-0.1, -0.05) is 23.8 Å². The number of ether oxygens (including phenoxy) is 1. The van der Waals surface area contributed by atoms with Crippen molar-refractivity contribution < 1.29 is 14.1 Å². The summed E-state index contributed by atoms with van der Waals surface area (Å²) in [5.74, 6) is -0.884. The van der Waals surface area contributed by atoms with Crippen molar-refractivity contribution in [2.45, 2.75) is 13.5 Å². The van der Waals surface area contributed by atoms with Gasteiger partial charge in [-0.15, -0.1) is 0 Å². The van der Waals surface area contributed by atoms with Gasteiger partial charge in [0.05, 0.1) is 4.92 Å². The van der Waals surface area contributed by atoms with Crippen LogP contribution in [-0.2, 0) is 6.54 Å². The van der Waals surface area contributed by atoms with Crippen molar-refractivity contribution in [2.75, 3.05) is 0 Å². The standard InChI is InChI=1S/C14H13FN2O3/c1-9-5-6-13(10(7-9)8-16)20-14-11(15)3-2-4-12(14)17(18)19/h2-7H,8,16H2,1H3. The van der Waals surface area contributed by atoms with Crippen LogP contribution in [0.3, 0.4) is 0 Å². The Morgan fingerprint density at radius 2 is 2.10 bits per heavy atom. The molecule has 104 valence electrons. The molecule has 0 saturated carbocycles. The molecule has 0 bridgehead atoms. The van der Waals surface area contributed by atoms with Gasteiger partial charge >= 0.3 is 5.69 Å². The molecule has 0 unspecified atom stereocenters. The summed E-state index contributed by atoms with van der Waals surface area (Å²) < 4.78 is 19.1. The summed E-state index contributed by atoms with van der Waals surface area (Å²) in [5.41, 5.74) is 6.81. The van der Waals surface area contributed by atoms with Gasteiger partial charge in [0.1, 0.15) is 5.75 Å². The van der Waals surface area contributed by atoms with Gasteiger partial charge in [-0.05, 0) is 19.1 Å². The normalized spacial score (nSPS) is 10.3. The lowest BCUT2D eigenvalue weighted by molar-refractivity contribution is -0.385.